The Kier molecular flexibility index (Phi) is 5.24. The summed E-state index contributed by atoms with van der Waals surface area (Å²) in [7, 11) is 0. The van der Waals surface area contributed by atoms with Crippen LogP contribution in [-0.4, -0.2) is 33.7 Å². The number of amidine groups is 1. The van der Waals surface area contributed by atoms with E-state index >= 15 is 0 Å². The topological polar surface area (TPSA) is 118 Å². The molecule has 9 nitrogen and oxygen atoms in total. The van der Waals surface area contributed by atoms with Crippen LogP contribution in [-0.2, 0) is 15.1 Å². The van der Waals surface area contributed by atoms with Gasteiger partial charge in [-0.2, -0.15) is 5.01 Å². The van der Waals surface area contributed by atoms with Gasteiger partial charge in [0.05, 0.1) is 0 Å². The predicted molar refractivity (Wildman–Crippen MR) is 150 cm³/mol. The highest BCUT2D eigenvalue weighted by Gasteiger charge is 2.52. The number of nitrogens with one attached hydrogen (secondary N) is 3. The van der Waals surface area contributed by atoms with Crippen molar-refractivity contribution in [2.45, 2.75) is 5.54 Å². The normalized spacial score (nSPS) is 17.8. The highest BCUT2D eigenvalue weighted by Crippen LogP contribution is 2.48. The number of amides is 2. The number of benzene rings is 4. The van der Waals surface area contributed by atoms with Gasteiger partial charge < -0.3 is 5.11 Å². The van der Waals surface area contributed by atoms with Crippen LogP contribution in [0.5, 0.6) is 5.75 Å². The van der Waals surface area contributed by atoms with Crippen molar-refractivity contribution in [3.8, 4) is 16.9 Å². The Morgan fingerprint density at radius 2 is 1.40 bits per heavy atom. The molecule has 0 bridgehead atoms. The number of aromatic hydroxyl groups is 1. The van der Waals surface area contributed by atoms with Crippen molar-refractivity contribution in [2.75, 3.05) is 0 Å². The number of rotatable bonds is 2. The molecule has 2 amide bonds. The van der Waals surface area contributed by atoms with E-state index in [4.69, 9.17) is 0 Å². The van der Waals surface area contributed by atoms with Crippen molar-refractivity contribution < 1.29 is 14.7 Å². The molecule has 0 saturated carbocycles. The summed E-state index contributed by atoms with van der Waals surface area (Å²) in [6, 6.07) is 31.2. The van der Waals surface area contributed by atoms with E-state index < -0.39 is 11.4 Å². The second kappa shape index (κ2) is 8.95. The lowest BCUT2D eigenvalue weighted by molar-refractivity contribution is -0.126. The van der Waals surface area contributed by atoms with Gasteiger partial charge in [0.2, 0.25) is 5.96 Å². The van der Waals surface area contributed by atoms with Gasteiger partial charge in [0.25, 0.3) is 11.8 Å². The molecule has 9 heteroatoms. The Balaban J connectivity index is 1.31. The fraction of sp³-hybridized carbons (Fsp3) is 0.0323. The molecular weight excluding hydrogens is 504 g/mol. The van der Waals surface area contributed by atoms with Crippen LogP contribution < -0.4 is 16.2 Å². The van der Waals surface area contributed by atoms with Crippen LogP contribution >= 0.6 is 0 Å². The molecule has 40 heavy (non-hydrogen) atoms. The van der Waals surface area contributed by atoms with Gasteiger partial charge in [0.15, 0.2) is 11.4 Å². The largest absolute Gasteiger partial charge is 0.508 e. The zero-order chi connectivity index (χ0) is 27.3. The molecule has 3 aliphatic rings. The van der Waals surface area contributed by atoms with Crippen LogP contribution in [0, 0.1) is 0 Å². The third-order valence-corrected chi connectivity index (χ3v) is 7.17. The minimum absolute atomic E-state index is 0.0807. The van der Waals surface area contributed by atoms with Gasteiger partial charge >= 0.3 is 0 Å². The first-order valence-electron chi connectivity index (χ1n) is 12.7. The lowest BCUT2D eigenvalue weighted by Crippen LogP contribution is -2.65. The Morgan fingerprint density at radius 1 is 0.775 bits per heavy atom. The van der Waals surface area contributed by atoms with Gasteiger partial charge in [0.1, 0.15) is 11.4 Å². The molecule has 0 aromatic heterocycles. The van der Waals surface area contributed by atoms with E-state index in [1.54, 1.807) is 18.2 Å². The zero-order valence-electron chi connectivity index (χ0n) is 21.0. The van der Waals surface area contributed by atoms with Crippen molar-refractivity contribution in [1.29, 1.82) is 0 Å². The van der Waals surface area contributed by atoms with Crippen molar-refractivity contribution in [1.82, 2.24) is 21.2 Å². The fourth-order valence-corrected chi connectivity index (χ4v) is 5.30. The molecule has 2 aliphatic heterocycles. The number of fused-ring (bicyclic) bond motifs is 5. The summed E-state index contributed by atoms with van der Waals surface area (Å²) in [5.41, 5.74) is 9.81. The second-order valence-corrected chi connectivity index (χ2v) is 9.54. The van der Waals surface area contributed by atoms with E-state index in [1.807, 2.05) is 78.9 Å². The molecule has 0 saturated heterocycles. The summed E-state index contributed by atoms with van der Waals surface area (Å²) in [6.45, 7) is 0. The molecule has 1 spiro atoms. The van der Waals surface area contributed by atoms with Crippen LogP contribution in [0.25, 0.3) is 17.2 Å². The Hall–Kier alpha value is -5.70. The Morgan fingerprint density at radius 3 is 2.05 bits per heavy atom. The van der Waals surface area contributed by atoms with Gasteiger partial charge in [0, 0.05) is 16.7 Å². The average molecular weight is 527 g/mol. The zero-order valence-corrected chi connectivity index (χ0v) is 21.0. The van der Waals surface area contributed by atoms with E-state index in [2.05, 4.69) is 26.3 Å². The maximum atomic E-state index is 14.0. The number of carbonyl (C=O) groups excluding carboxylic acids is 2. The first-order chi connectivity index (χ1) is 19.5. The minimum Gasteiger partial charge on any atom is -0.508 e. The third-order valence-electron chi connectivity index (χ3n) is 7.17. The first kappa shape index (κ1) is 23.4. The molecule has 0 unspecified atom stereocenters. The molecular formula is C31H22N6O3. The van der Waals surface area contributed by atoms with E-state index in [-0.39, 0.29) is 23.3 Å². The van der Waals surface area contributed by atoms with Crippen molar-refractivity contribution in [3.63, 3.8) is 0 Å². The number of hydrazine groups is 1. The lowest BCUT2D eigenvalue weighted by Gasteiger charge is -2.38. The number of aliphatic imine (C=N–C) groups is 1. The number of phenols is 1. The number of guanidine groups is 1. The smallest absolute Gasteiger partial charge is 0.288 e. The van der Waals surface area contributed by atoms with E-state index in [1.165, 1.54) is 17.1 Å². The van der Waals surface area contributed by atoms with Crippen molar-refractivity contribution >= 4 is 29.7 Å². The summed E-state index contributed by atoms with van der Waals surface area (Å²) in [5, 5.41) is 18.5. The van der Waals surface area contributed by atoms with Gasteiger partial charge in [-0.25, -0.2) is 4.99 Å². The molecule has 194 valence electrons. The summed E-state index contributed by atoms with van der Waals surface area (Å²) in [5.74, 6) is -0.242. The Labute approximate surface area is 229 Å². The van der Waals surface area contributed by atoms with Gasteiger partial charge in [-0.1, -0.05) is 91.0 Å². The van der Waals surface area contributed by atoms with E-state index in [0.717, 1.165) is 22.3 Å². The van der Waals surface area contributed by atoms with Gasteiger partial charge in [-0.15, -0.1) is 5.10 Å². The summed E-state index contributed by atoms with van der Waals surface area (Å²) >= 11 is 0. The number of hydrogen-bond acceptors (Lipinski definition) is 7. The minimum atomic E-state index is -1.22. The molecule has 0 atom stereocenters. The van der Waals surface area contributed by atoms with Crippen molar-refractivity contribution in [3.05, 3.63) is 131 Å². The lowest BCUT2D eigenvalue weighted by atomic mass is 9.86. The highest BCUT2D eigenvalue weighted by molar-refractivity contribution is 6.19. The maximum absolute atomic E-state index is 14.0. The first-order valence-corrected chi connectivity index (χ1v) is 12.7. The average Bonchev–Trinajstić information content (AvgIpc) is 3.27. The number of hydrazone groups is 1. The van der Waals surface area contributed by atoms with Crippen molar-refractivity contribution in [2.24, 2.45) is 10.1 Å². The predicted octanol–water partition coefficient (Wildman–Crippen LogP) is 3.44. The standard InChI is InChI=1S/C31H22N6O3/c38-21-16-14-19(15-17-21)18-26-28(39)35-37(27(32-26)20-8-2-1-3-9-20)30-33-29(40)31(36-34-30)24-12-6-4-10-22(24)23-11-5-7-13-25(23)31/h1-18,36,38H,(H,35,39)(H,33,34,40)/b26-18+. The molecule has 0 radical (unpaired) electrons. The van der Waals surface area contributed by atoms with Gasteiger partial charge in [-0.05, 0) is 34.9 Å². The Bertz CT molecular complexity index is 1730. The van der Waals surface area contributed by atoms with Gasteiger partial charge in [-0.3, -0.25) is 25.8 Å². The fourth-order valence-electron chi connectivity index (χ4n) is 5.30. The summed E-state index contributed by atoms with van der Waals surface area (Å²) in [6.07, 6.45) is 1.62. The molecule has 2 heterocycles. The third kappa shape index (κ3) is 3.56. The maximum Gasteiger partial charge on any atom is 0.288 e. The van der Waals surface area contributed by atoms with Crippen LogP contribution in [0.15, 0.2) is 119 Å². The molecule has 0 fully saturated rings. The number of nitrogens with zero attached hydrogens (tertiary/aromatic N) is 3. The SMILES string of the molecule is O=C1NN(C2=NNC3(C(=O)N2)c2ccccc2-c2ccccc23)C(c2ccccc2)=N/C1=C/c1ccc(O)cc1. The quantitative estimate of drug-likeness (QED) is 0.299. The van der Waals surface area contributed by atoms with E-state index in [9.17, 15) is 14.7 Å². The van der Waals surface area contributed by atoms with E-state index in [0.29, 0.717) is 17.0 Å². The highest BCUT2D eigenvalue weighted by atomic mass is 16.3. The van der Waals surface area contributed by atoms with Crippen LogP contribution in [0.3, 0.4) is 0 Å². The molecule has 1 aliphatic carbocycles. The number of hydrogen-bond donors (Lipinski definition) is 4. The van der Waals surface area contributed by atoms with Crippen LogP contribution in [0.4, 0.5) is 0 Å². The molecule has 7 rings (SSSR count). The number of carbonyl (C=O) groups is 2. The second-order valence-electron chi connectivity index (χ2n) is 9.54. The monoisotopic (exact) mass is 526 g/mol. The summed E-state index contributed by atoms with van der Waals surface area (Å²) < 4.78 is 0. The van der Waals surface area contributed by atoms with Crippen LogP contribution in [0.1, 0.15) is 22.3 Å². The molecule has 4 N–H and O–H groups in total. The summed E-state index contributed by atoms with van der Waals surface area (Å²) in [4.78, 5) is 31.8. The molecule has 4 aromatic carbocycles. The number of phenolic OH excluding ortho intramolecular Hbond substituents is 1. The molecule has 4 aromatic rings. The van der Waals surface area contributed by atoms with Crippen LogP contribution in [0.2, 0.25) is 0 Å².